The average molecular weight is 496 g/mol. The van der Waals surface area contributed by atoms with Crippen molar-refractivity contribution in [2.24, 2.45) is 5.92 Å². The van der Waals surface area contributed by atoms with Crippen molar-refractivity contribution in [3.05, 3.63) is 95.8 Å². The number of aromatic nitrogens is 3. The van der Waals surface area contributed by atoms with Crippen LogP contribution in [0.5, 0.6) is 0 Å². The lowest BCUT2D eigenvalue weighted by Crippen LogP contribution is -2.22. The molecular weight excluding hydrogens is 458 g/mol. The van der Waals surface area contributed by atoms with Crippen molar-refractivity contribution in [1.82, 2.24) is 14.8 Å². The van der Waals surface area contributed by atoms with Crippen LogP contribution in [0.4, 0.5) is 0 Å². The van der Waals surface area contributed by atoms with Gasteiger partial charge in [-0.2, -0.15) is 0 Å². The van der Waals surface area contributed by atoms with Gasteiger partial charge in [-0.15, -0.1) is 5.10 Å². The number of benzene rings is 3. The van der Waals surface area contributed by atoms with Crippen molar-refractivity contribution in [3.63, 3.8) is 0 Å². The normalized spacial score (nSPS) is 13.8. The van der Waals surface area contributed by atoms with Gasteiger partial charge >= 0.3 is 0 Å². The lowest BCUT2D eigenvalue weighted by molar-refractivity contribution is 0.0785. The zero-order chi connectivity index (χ0) is 25.0. The number of hydrogen-bond donors (Lipinski definition) is 0. The molecule has 0 saturated carbocycles. The van der Waals surface area contributed by atoms with Crippen LogP contribution in [-0.2, 0) is 30.7 Å². The average Bonchev–Trinajstić information content (AvgIpc) is 3.52. The minimum Gasteiger partial charge on any atom is -0.359 e. The molecule has 1 aliphatic carbocycles. The van der Waals surface area contributed by atoms with Crippen molar-refractivity contribution in [2.75, 3.05) is 6.61 Å². The predicted octanol–water partition coefficient (Wildman–Crippen LogP) is 7.27. The maximum atomic E-state index is 5.81. The maximum Gasteiger partial charge on any atom is 0.181 e. The molecule has 0 radical (unpaired) electrons. The van der Waals surface area contributed by atoms with Crippen molar-refractivity contribution in [1.29, 1.82) is 0 Å². The first-order chi connectivity index (χ1) is 17.4. The third-order valence-corrected chi connectivity index (χ3v) is 8.85. The van der Waals surface area contributed by atoms with Crippen molar-refractivity contribution >= 4 is 8.07 Å². The van der Waals surface area contributed by atoms with E-state index < -0.39 is 8.07 Å². The molecule has 4 aromatic rings. The summed E-state index contributed by atoms with van der Waals surface area (Å²) in [5, 5.41) is 4.63. The molecule has 1 heterocycles. The Bertz CT molecular complexity index is 1260. The molecule has 5 heteroatoms. The largest absolute Gasteiger partial charge is 0.359 e. The van der Waals surface area contributed by atoms with E-state index >= 15 is 0 Å². The van der Waals surface area contributed by atoms with E-state index in [2.05, 4.69) is 103 Å². The molecule has 5 rings (SSSR count). The first-order valence-electron chi connectivity index (χ1n) is 13.2. The molecule has 0 spiro atoms. The maximum absolute atomic E-state index is 5.81. The highest BCUT2D eigenvalue weighted by Crippen LogP contribution is 2.30. The lowest BCUT2D eigenvalue weighted by atomic mass is 9.95. The second-order valence-electron chi connectivity index (χ2n) is 11.3. The Hall–Kier alpha value is -3.02. The van der Waals surface area contributed by atoms with Crippen LogP contribution in [0.2, 0.25) is 25.7 Å². The summed E-state index contributed by atoms with van der Waals surface area (Å²) in [5.74, 6) is 1.51. The number of nitrogens with zero attached hydrogens (tertiary/aromatic N) is 3. The van der Waals surface area contributed by atoms with Gasteiger partial charge in [-0.3, -0.25) is 0 Å². The molecular formula is C31H37N3OSi. The Kier molecular flexibility index (Phi) is 7.49. The Balaban J connectivity index is 1.17. The van der Waals surface area contributed by atoms with Crippen molar-refractivity contribution in [2.45, 2.75) is 58.1 Å². The van der Waals surface area contributed by atoms with Crippen LogP contribution < -0.4 is 0 Å². The zero-order valence-electron chi connectivity index (χ0n) is 21.8. The van der Waals surface area contributed by atoms with Gasteiger partial charge in [-0.05, 0) is 71.5 Å². The van der Waals surface area contributed by atoms with E-state index in [1.165, 1.54) is 36.0 Å². The minimum absolute atomic E-state index is 0.450. The molecule has 1 aromatic heterocycles. The SMILES string of the molecule is C[Si](C)(C)CCOCn1cnc(-c2cccc(-c3ccc(CCC4Cc5ccccc5C4)cc3)c2)n1. The molecule has 0 amide bonds. The molecule has 0 fully saturated rings. The highest BCUT2D eigenvalue weighted by atomic mass is 28.3. The smallest absolute Gasteiger partial charge is 0.181 e. The van der Waals surface area contributed by atoms with E-state index in [0.717, 1.165) is 36.4 Å². The number of ether oxygens (including phenoxy) is 1. The molecule has 0 bridgehead atoms. The van der Waals surface area contributed by atoms with Gasteiger partial charge in [0.25, 0.3) is 0 Å². The fraction of sp³-hybridized carbons (Fsp3) is 0.355. The van der Waals surface area contributed by atoms with E-state index in [0.29, 0.717) is 6.73 Å². The highest BCUT2D eigenvalue weighted by molar-refractivity contribution is 6.76. The van der Waals surface area contributed by atoms with Gasteiger partial charge in [0, 0.05) is 20.2 Å². The van der Waals surface area contributed by atoms with Crippen LogP contribution in [0.3, 0.4) is 0 Å². The summed E-state index contributed by atoms with van der Waals surface area (Å²) in [7, 11) is -1.08. The van der Waals surface area contributed by atoms with Gasteiger partial charge in [0.15, 0.2) is 5.82 Å². The summed E-state index contributed by atoms with van der Waals surface area (Å²) in [4.78, 5) is 4.52. The summed E-state index contributed by atoms with van der Waals surface area (Å²) in [6, 6.07) is 27.6. The summed E-state index contributed by atoms with van der Waals surface area (Å²) in [6.45, 7) is 8.32. The second kappa shape index (κ2) is 10.9. The molecule has 36 heavy (non-hydrogen) atoms. The second-order valence-corrected chi connectivity index (χ2v) is 16.9. The number of aryl methyl sites for hydroxylation is 1. The molecule has 4 nitrogen and oxygen atoms in total. The van der Waals surface area contributed by atoms with E-state index in [9.17, 15) is 0 Å². The summed E-state index contributed by atoms with van der Waals surface area (Å²) < 4.78 is 7.59. The molecule has 1 aliphatic rings. The molecule has 0 N–H and O–H groups in total. The number of rotatable bonds is 10. The first kappa shape index (κ1) is 24.7. The molecule has 0 saturated heterocycles. The number of hydrogen-bond acceptors (Lipinski definition) is 3. The third kappa shape index (κ3) is 6.39. The predicted molar refractivity (Wildman–Crippen MR) is 151 cm³/mol. The zero-order valence-corrected chi connectivity index (χ0v) is 22.8. The van der Waals surface area contributed by atoms with Gasteiger partial charge in [0.1, 0.15) is 13.1 Å². The van der Waals surface area contributed by atoms with Gasteiger partial charge in [-0.1, -0.05) is 86.4 Å². The molecule has 186 valence electrons. The number of fused-ring (bicyclic) bond motifs is 1. The molecule has 0 atom stereocenters. The van der Waals surface area contributed by atoms with Crippen LogP contribution in [0, 0.1) is 5.92 Å². The fourth-order valence-corrected chi connectivity index (χ4v) is 5.71. The standard InChI is InChI=1S/C31H37N3OSi/c1-36(2,3)18-17-35-23-34-22-32-31(33-34)30-10-6-9-29(21-30)26-15-13-24(14-16-26)11-12-25-19-27-7-4-5-8-28(27)20-25/h4-10,13-16,21-22,25H,11-12,17-20,23H2,1-3H3. The van der Waals surface area contributed by atoms with Gasteiger partial charge in [0.2, 0.25) is 0 Å². The topological polar surface area (TPSA) is 39.9 Å². The van der Waals surface area contributed by atoms with Crippen LogP contribution >= 0.6 is 0 Å². The fourth-order valence-electron chi connectivity index (χ4n) is 4.95. The first-order valence-corrected chi connectivity index (χ1v) is 16.9. The third-order valence-electron chi connectivity index (χ3n) is 7.14. The van der Waals surface area contributed by atoms with Crippen LogP contribution in [0.25, 0.3) is 22.5 Å². The van der Waals surface area contributed by atoms with E-state index in [4.69, 9.17) is 4.74 Å². The van der Waals surface area contributed by atoms with Crippen LogP contribution in [-0.4, -0.2) is 29.4 Å². The Morgan fingerprint density at radius 1 is 0.861 bits per heavy atom. The van der Waals surface area contributed by atoms with E-state index in [-0.39, 0.29) is 0 Å². The van der Waals surface area contributed by atoms with E-state index in [1.54, 1.807) is 22.1 Å². The van der Waals surface area contributed by atoms with Crippen LogP contribution in [0.15, 0.2) is 79.1 Å². The summed E-state index contributed by atoms with van der Waals surface area (Å²) >= 11 is 0. The Morgan fingerprint density at radius 2 is 1.58 bits per heavy atom. The monoisotopic (exact) mass is 495 g/mol. The van der Waals surface area contributed by atoms with E-state index in [1.807, 2.05) is 0 Å². The van der Waals surface area contributed by atoms with Crippen molar-refractivity contribution < 1.29 is 4.74 Å². The Labute approximate surface area is 216 Å². The molecule has 3 aromatic carbocycles. The van der Waals surface area contributed by atoms with Crippen LogP contribution in [0.1, 0.15) is 23.1 Å². The quantitative estimate of drug-likeness (QED) is 0.171. The molecule has 0 unspecified atom stereocenters. The summed E-state index contributed by atoms with van der Waals surface area (Å²) in [6.07, 6.45) is 6.61. The van der Waals surface area contributed by atoms with Gasteiger partial charge in [-0.25, -0.2) is 9.67 Å². The Morgan fingerprint density at radius 3 is 2.31 bits per heavy atom. The van der Waals surface area contributed by atoms with Gasteiger partial charge in [0.05, 0.1) is 0 Å². The highest BCUT2D eigenvalue weighted by Gasteiger charge is 2.20. The molecule has 0 aliphatic heterocycles. The minimum atomic E-state index is -1.08. The van der Waals surface area contributed by atoms with Crippen molar-refractivity contribution in [3.8, 4) is 22.5 Å². The van der Waals surface area contributed by atoms with Gasteiger partial charge < -0.3 is 4.74 Å². The lowest BCUT2D eigenvalue weighted by Gasteiger charge is -2.15. The summed E-state index contributed by atoms with van der Waals surface area (Å²) in [5.41, 5.74) is 7.95.